The van der Waals surface area contributed by atoms with Gasteiger partial charge in [-0.15, -0.1) is 0 Å². The lowest BCUT2D eigenvalue weighted by atomic mass is 10.4. The van der Waals surface area contributed by atoms with Crippen LogP contribution in [0.5, 0.6) is 0 Å². The zero-order valence-electron chi connectivity index (χ0n) is 9.30. The molecule has 0 radical (unpaired) electrons. The van der Waals surface area contributed by atoms with Crippen molar-refractivity contribution in [3.63, 3.8) is 0 Å². The fourth-order valence-electron chi connectivity index (χ4n) is 1.24. The van der Waals surface area contributed by atoms with Crippen LogP contribution >= 0.6 is 11.8 Å². The third-order valence-corrected chi connectivity index (χ3v) is 6.71. The summed E-state index contributed by atoms with van der Waals surface area (Å²) in [6, 6.07) is 4.57. The summed E-state index contributed by atoms with van der Waals surface area (Å²) in [6.07, 6.45) is 1.71. The van der Waals surface area contributed by atoms with E-state index in [0.29, 0.717) is 6.42 Å². The Kier molecular flexibility index (Phi) is 6.94. The average molecular weight is 229 g/mol. The number of nitriles is 1. The predicted octanol–water partition coefficient (Wildman–Crippen LogP) is 3.28. The van der Waals surface area contributed by atoms with Gasteiger partial charge < -0.3 is 0 Å². The van der Waals surface area contributed by atoms with Crippen LogP contribution in [0.25, 0.3) is 0 Å². The zero-order valence-corrected chi connectivity index (χ0v) is 11.1. The van der Waals surface area contributed by atoms with Crippen molar-refractivity contribution in [2.75, 3.05) is 5.75 Å². The van der Waals surface area contributed by atoms with Crippen LogP contribution in [0, 0.1) is 11.3 Å². The van der Waals surface area contributed by atoms with E-state index in [2.05, 4.69) is 19.2 Å². The van der Waals surface area contributed by atoms with Gasteiger partial charge in [0.25, 0.3) is 0 Å². The van der Waals surface area contributed by atoms with Crippen molar-refractivity contribution in [3.05, 3.63) is 0 Å². The summed E-state index contributed by atoms with van der Waals surface area (Å²) in [5.41, 5.74) is 0. The maximum atomic E-state index is 10.7. The molecule has 0 N–H and O–H groups in total. The van der Waals surface area contributed by atoms with Crippen LogP contribution in [0.3, 0.4) is 0 Å². The van der Waals surface area contributed by atoms with Gasteiger partial charge in [0.05, 0.1) is 6.07 Å². The van der Waals surface area contributed by atoms with Crippen LogP contribution in [0.15, 0.2) is 0 Å². The average Bonchev–Trinajstić information content (AvgIpc) is 2.03. The summed E-state index contributed by atoms with van der Waals surface area (Å²) in [6.45, 7) is 6.30. The summed E-state index contributed by atoms with van der Waals surface area (Å²) in [5, 5.41) is 8.64. The topological polar surface area (TPSA) is 40.9 Å². The molecule has 4 heteroatoms. The molecule has 0 unspecified atom stereocenters. The molecule has 0 amide bonds. The van der Waals surface area contributed by atoms with Crippen LogP contribution in [0.4, 0.5) is 0 Å². The minimum atomic E-state index is -1.13. The normalized spacial score (nSPS) is 11.0. The van der Waals surface area contributed by atoms with E-state index in [-0.39, 0.29) is 5.12 Å². The Labute approximate surface area is 92.1 Å². The molecule has 0 aromatic rings. The van der Waals surface area contributed by atoms with Gasteiger partial charge in [0.2, 0.25) is 0 Å². The van der Waals surface area contributed by atoms with Crippen LogP contribution in [0.2, 0.25) is 25.2 Å². The van der Waals surface area contributed by atoms with Crippen molar-refractivity contribution < 1.29 is 4.79 Å². The summed E-state index contributed by atoms with van der Waals surface area (Å²) >= 11 is 1.43. The molecular weight excluding hydrogens is 210 g/mol. The van der Waals surface area contributed by atoms with Crippen molar-refractivity contribution in [1.29, 1.82) is 5.26 Å². The fraction of sp³-hybridized carbons (Fsp3) is 0.800. The zero-order chi connectivity index (χ0) is 11.0. The quantitative estimate of drug-likeness (QED) is 0.518. The molecule has 0 heterocycles. The first kappa shape index (κ1) is 13.7. The molecule has 0 aliphatic carbocycles. The highest BCUT2D eigenvalue weighted by Gasteiger charge is 2.19. The van der Waals surface area contributed by atoms with Crippen molar-refractivity contribution in [1.82, 2.24) is 0 Å². The molecule has 0 aliphatic rings. The van der Waals surface area contributed by atoms with E-state index >= 15 is 0 Å². The van der Waals surface area contributed by atoms with Crippen LogP contribution < -0.4 is 0 Å². The first-order valence-electron chi connectivity index (χ1n) is 4.98. The molecule has 14 heavy (non-hydrogen) atoms. The van der Waals surface area contributed by atoms with Crippen molar-refractivity contribution in [2.45, 2.75) is 44.9 Å². The number of unbranched alkanes of at least 4 members (excludes halogenated alkanes) is 1. The molecule has 0 bridgehead atoms. The van der Waals surface area contributed by atoms with Gasteiger partial charge in [-0.3, -0.25) is 4.79 Å². The summed E-state index contributed by atoms with van der Waals surface area (Å²) in [7, 11) is -1.13. The molecule has 0 aromatic carbocycles. The Bertz CT molecular complexity index is 223. The van der Waals surface area contributed by atoms with Crippen molar-refractivity contribution in [3.8, 4) is 6.07 Å². The minimum Gasteiger partial charge on any atom is -0.288 e. The standard InChI is InChI=1S/C10H19NOSSi/c1-10(12)13-7-9-14(2,3)8-5-4-6-11/h4-5,7-9H2,1-3H3. The van der Waals surface area contributed by atoms with Gasteiger partial charge in [-0.25, -0.2) is 0 Å². The molecule has 0 aromatic heterocycles. The molecule has 0 aliphatic heterocycles. The molecule has 2 nitrogen and oxygen atoms in total. The third-order valence-electron chi connectivity index (χ3n) is 2.23. The predicted molar refractivity (Wildman–Crippen MR) is 65.1 cm³/mol. The van der Waals surface area contributed by atoms with Gasteiger partial charge in [0.1, 0.15) is 0 Å². The number of thioether (sulfide) groups is 1. The molecule has 0 atom stereocenters. The molecule has 80 valence electrons. The lowest BCUT2D eigenvalue weighted by molar-refractivity contribution is -0.109. The van der Waals surface area contributed by atoms with E-state index in [1.165, 1.54) is 23.9 Å². The van der Waals surface area contributed by atoms with E-state index in [9.17, 15) is 4.79 Å². The number of nitrogens with zero attached hydrogens (tertiary/aromatic N) is 1. The number of carbonyl (C=O) groups is 1. The molecule has 0 fully saturated rings. The van der Waals surface area contributed by atoms with Crippen LogP contribution in [-0.4, -0.2) is 18.9 Å². The Morgan fingerprint density at radius 2 is 2.07 bits per heavy atom. The summed E-state index contributed by atoms with van der Waals surface area (Å²) in [4.78, 5) is 10.7. The smallest absolute Gasteiger partial charge is 0.185 e. The molecule has 0 saturated carbocycles. The maximum Gasteiger partial charge on any atom is 0.185 e. The van der Waals surface area contributed by atoms with E-state index in [4.69, 9.17) is 5.26 Å². The highest BCUT2D eigenvalue weighted by molar-refractivity contribution is 8.13. The maximum absolute atomic E-state index is 10.7. The number of hydrogen-bond donors (Lipinski definition) is 0. The van der Waals surface area contributed by atoms with Gasteiger partial charge in [0.15, 0.2) is 5.12 Å². The van der Waals surface area contributed by atoms with E-state index in [1.807, 2.05) is 0 Å². The third kappa shape index (κ3) is 8.33. The second kappa shape index (κ2) is 7.08. The Morgan fingerprint density at radius 3 is 2.57 bits per heavy atom. The van der Waals surface area contributed by atoms with Gasteiger partial charge in [-0.2, -0.15) is 5.26 Å². The molecule has 0 rings (SSSR count). The van der Waals surface area contributed by atoms with Crippen LogP contribution in [0.1, 0.15) is 19.8 Å². The molecular formula is C10H19NOSSi. The monoisotopic (exact) mass is 229 g/mol. The second-order valence-corrected chi connectivity index (χ2v) is 10.9. The van der Waals surface area contributed by atoms with E-state index < -0.39 is 8.07 Å². The highest BCUT2D eigenvalue weighted by atomic mass is 32.2. The Balaban J connectivity index is 3.61. The number of carbonyl (C=O) groups excluding carboxylic acids is 1. The SMILES string of the molecule is CC(=O)SCC[Si](C)(C)CCCC#N. The van der Waals surface area contributed by atoms with Gasteiger partial charge in [-0.05, 0) is 18.2 Å². The number of hydrogen-bond acceptors (Lipinski definition) is 3. The summed E-state index contributed by atoms with van der Waals surface area (Å²) < 4.78 is 0. The Hall–Kier alpha value is -0.273. The Morgan fingerprint density at radius 1 is 1.43 bits per heavy atom. The minimum absolute atomic E-state index is 0.215. The lowest BCUT2D eigenvalue weighted by Gasteiger charge is -2.20. The van der Waals surface area contributed by atoms with Gasteiger partial charge >= 0.3 is 0 Å². The fourth-order valence-corrected chi connectivity index (χ4v) is 5.53. The first-order valence-corrected chi connectivity index (χ1v) is 9.38. The van der Waals surface area contributed by atoms with Crippen molar-refractivity contribution in [2.24, 2.45) is 0 Å². The lowest BCUT2D eigenvalue weighted by Crippen LogP contribution is -2.25. The number of rotatable bonds is 6. The molecule has 0 spiro atoms. The second-order valence-electron chi connectivity index (χ2n) is 4.27. The van der Waals surface area contributed by atoms with E-state index in [1.54, 1.807) is 6.92 Å². The highest BCUT2D eigenvalue weighted by Crippen LogP contribution is 2.21. The molecule has 0 saturated heterocycles. The van der Waals surface area contributed by atoms with E-state index in [0.717, 1.165) is 12.2 Å². The van der Waals surface area contributed by atoms with Crippen LogP contribution in [-0.2, 0) is 4.79 Å². The van der Waals surface area contributed by atoms with Gasteiger partial charge in [-0.1, -0.05) is 30.9 Å². The summed E-state index contributed by atoms with van der Waals surface area (Å²) in [5.74, 6) is 0.959. The largest absolute Gasteiger partial charge is 0.288 e. The first-order chi connectivity index (χ1) is 6.48. The van der Waals surface area contributed by atoms with Gasteiger partial charge in [0, 0.05) is 21.4 Å². The van der Waals surface area contributed by atoms with Crippen molar-refractivity contribution >= 4 is 25.0 Å².